The molecule has 0 saturated heterocycles. The molecule has 2 rings (SSSR count). The van der Waals surface area contributed by atoms with Crippen LogP contribution in [0.3, 0.4) is 0 Å². The lowest BCUT2D eigenvalue weighted by Crippen LogP contribution is -2.32. The second-order valence-electron chi connectivity index (χ2n) is 5.75. The minimum atomic E-state index is 0.173. The van der Waals surface area contributed by atoms with Gasteiger partial charge in [0.2, 0.25) is 11.9 Å². The minimum Gasteiger partial charge on any atom is -0.350 e. The Morgan fingerprint density at radius 1 is 1.30 bits per heavy atom. The van der Waals surface area contributed by atoms with E-state index in [-0.39, 0.29) is 11.8 Å². The van der Waals surface area contributed by atoms with E-state index in [0.717, 1.165) is 24.2 Å². The summed E-state index contributed by atoms with van der Waals surface area (Å²) >= 11 is 0. The van der Waals surface area contributed by atoms with Gasteiger partial charge in [-0.25, -0.2) is 9.97 Å². The molecule has 1 N–H and O–H groups in total. The molecule has 1 saturated carbocycles. The molecule has 1 amide bonds. The Balaban J connectivity index is 1.94. The van der Waals surface area contributed by atoms with Gasteiger partial charge in [0.15, 0.2) is 0 Å². The van der Waals surface area contributed by atoms with E-state index in [4.69, 9.17) is 0 Å². The average Bonchev–Trinajstić information content (AvgIpc) is 2.45. The second-order valence-corrected chi connectivity index (χ2v) is 5.75. The Morgan fingerprint density at radius 2 is 2.00 bits per heavy atom. The van der Waals surface area contributed by atoms with E-state index >= 15 is 0 Å². The SMILES string of the molecule is Cc1cc(CNC(=O)C2CCCCC2)nc(N(C)C)n1. The molecule has 0 spiro atoms. The molecule has 0 unspecified atom stereocenters. The van der Waals surface area contributed by atoms with Crippen molar-refractivity contribution in [2.24, 2.45) is 5.92 Å². The van der Waals surface area contributed by atoms with E-state index in [9.17, 15) is 4.79 Å². The normalized spacial score (nSPS) is 15.9. The topological polar surface area (TPSA) is 58.1 Å². The molecule has 1 aromatic heterocycles. The first-order valence-electron chi connectivity index (χ1n) is 7.36. The molecule has 0 bridgehead atoms. The van der Waals surface area contributed by atoms with E-state index in [1.807, 2.05) is 32.0 Å². The fourth-order valence-electron chi connectivity index (χ4n) is 2.59. The van der Waals surface area contributed by atoms with Gasteiger partial charge in [0.05, 0.1) is 12.2 Å². The number of nitrogens with zero attached hydrogens (tertiary/aromatic N) is 3. The van der Waals surface area contributed by atoms with Crippen LogP contribution in [0.15, 0.2) is 6.07 Å². The van der Waals surface area contributed by atoms with Gasteiger partial charge in [-0.05, 0) is 25.8 Å². The first kappa shape index (κ1) is 14.8. The minimum absolute atomic E-state index is 0.173. The number of carbonyl (C=O) groups excluding carboxylic acids is 1. The summed E-state index contributed by atoms with van der Waals surface area (Å²) in [4.78, 5) is 22.8. The quantitative estimate of drug-likeness (QED) is 0.914. The van der Waals surface area contributed by atoms with Crippen LogP contribution < -0.4 is 10.2 Å². The standard InChI is InChI=1S/C15H24N4O/c1-11-9-13(18-15(17-11)19(2)3)10-16-14(20)12-7-5-4-6-8-12/h9,12H,4-8,10H2,1-3H3,(H,16,20). The van der Waals surface area contributed by atoms with E-state index in [1.54, 1.807) is 0 Å². The molecule has 1 aromatic rings. The zero-order valence-electron chi connectivity index (χ0n) is 12.6. The van der Waals surface area contributed by atoms with Crippen LogP contribution in [0.5, 0.6) is 0 Å². The molecule has 1 heterocycles. The lowest BCUT2D eigenvalue weighted by molar-refractivity contribution is -0.126. The van der Waals surface area contributed by atoms with Gasteiger partial charge in [0.25, 0.3) is 0 Å². The number of carbonyl (C=O) groups is 1. The lowest BCUT2D eigenvalue weighted by atomic mass is 9.89. The summed E-state index contributed by atoms with van der Waals surface area (Å²) in [6, 6.07) is 1.92. The number of anilines is 1. The molecule has 1 fully saturated rings. The van der Waals surface area contributed by atoms with Gasteiger partial charge in [-0.2, -0.15) is 0 Å². The Hall–Kier alpha value is -1.65. The van der Waals surface area contributed by atoms with E-state index in [2.05, 4.69) is 15.3 Å². The summed E-state index contributed by atoms with van der Waals surface area (Å²) in [5, 5.41) is 3.01. The molecule has 1 aliphatic rings. The van der Waals surface area contributed by atoms with Crippen LogP contribution in [0.1, 0.15) is 43.5 Å². The summed E-state index contributed by atoms with van der Waals surface area (Å²) in [5.74, 6) is 1.05. The molecule has 5 heteroatoms. The third-order valence-electron chi connectivity index (χ3n) is 3.72. The van der Waals surface area contributed by atoms with Gasteiger partial charge in [0, 0.05) is 25.7 Å². The van der Waals surface area contributed by atoms with E-state index < -0.39 is 0 Å². The summed E-state index contributed by atoms with van der Waals surface area (Å²) in [5.41, 5.74) is 1.79. The fraction of sp³-hybridized carbons (Fsp3) is 0.667. The molecule has 5 nitrogen and oxygen atoms in total. The lowest BCUT2D eigenvalue weighted by Gasteiger charge is -2.20. The number of amides is 1. The molecule has 110 valence electrons. The molecular formula is C15H24N4O. The molecule has 0 atom stereocenters. The van der Waals surface area contributed by atoms with Crippen LogP contribution >= 0.6 is 0 Å². The van der Waals surface area contributed by atoms with Crippen molar-refractivity contribution in [3.05, 3.63) is 17.5 Å². The molecule has 0 aliphatic heterocycles. The zero-order valence-corrected chi connectivity index (χ0v) is 12.6. The van der Waals surface area contributed by atoms with Crippen molar-refractivity contribution in [3.8, 4) is 0 Å². The van der Waals surface area contributed by atoms with E-state index in [0.29, 0.717) is 12.5 Å². The average molecular weight is 276 g/mol. The van der Waals surface area contributed by atoms with Crippen LogP contribution in [0.25, 0.3) is 0 Å². The van der Waals surface area contributed by atoms with Gasteiger partial charge < -0.3 is 10.2 Å². The fourth-order valence-corrected chi connectivity index (χ4v) is 2.59. The highest BCUT2D eigenvalue weighted by Gasteiger charge is 2.20. The summed E-state index contributed by atoms with van der Waals surface area (Å²) in [6.07, 6.45) is 5.67. The molecular weight excluding hydrogens is 252 g/mol. The van der Waals surface area contributed by atoms with Crippen molar-refractivity contribution in [2.45, 2.75) is 45.6 Å². The monoisotopic (exact) mass is 276 g/mol. The highest BCUT2D eigenvalue weighted by molar-refractivity contribution is 5.78. The van der Waals surface area contributed by atoms with Crippen molar-refractivity contribution in [3.63, 3.8) is 0 Å². The van der Waals surface area contributed by atoms with Gasteiger partial charge in [-0.3, -0.25) is 4.79 Å². The Bertz CT molecular complexity index is 467. The maximum atomic E-state index is 12.1. The van der Waals surface area contributed by atoms with Crippen molar-refractivity contribution in [2.75, 3.05) is 19.0 Å². The highest BCUT2D eigenvalue weighted by Crippen LogP contribution is 2.23. The molecule has 1 aliphatic carbocycles. The van der Waals surface area contributed by atoms with Gasteiger partial charge in [-0.1, -0.05) is 19.3 Å². The number of rotatable bonds is 4. The van der Waals surface area contributed by atoms with Crippen LogP contribution in [0.2, 0.25) is 0 Å². The number of hydrogen-bond donors (Lipinski definition) is 1. The third kappa shape index (κ3) is 3.92. The highest BCUT2D eigenvalue weighted by atomic mass is 16.1. The van der Waals surface area contributed by atoms with Crippen LogP contribution in [-0.2, 0) is 11.3 Å². The summed E-state index contributed by atoms with van der Waals surface area (Å²) < 4.78 is 0. The van der Waals surface area contributed by atoms with E-state index in [1.165, 1.54) is 19.3 Å². The largest absolute Gasteiger partial charge is 0.350 e. The zero-order chi connectivity index (χ0) is 14.5. The predicted octanol–water partition coefficient (Wildman–Crippen LogP) is 2.05. The Kier molecular flexibility index (Phi) is 4.93. The molecule has 20 heavy (non-hydrogen) atoms. The number of aryl methyl sites for hydroxylation is 1. The second kappa shape index (κ2) is 6.68. The Morgan fingerprint density at radius 3 is 2.65 bits per heavy atom. The van der Waals surface area contributed by atoms with Gasteiger partial charge in [-0.15, -0.1) is 0 Å². The van der Waals surface area contributed by atoms with Crippen molar-refractivity contribution in [1.82, 2.24) is 15.3 Å². The Labute approximate surface area is 120 Å². The van der Waals surface area contributed by atoms with Crippen LogP contribution in [-0.4, -0.2) is 30.0 Å². The van der Waals surface area contributed by atoms with Crippen molar-refractivity contribution < 1.29 is 4.79 Å². The number of aromatic nitrogens is 2. The van der Waals surface area contributed by atoms with Gasteiger partial charge >= 0.3 is 0 Å². The maximum absolute atomic E-state index is 12.1. The summed E-state index contributed by atoms with van der Waals surface area (Å²) in [7, 11) is 3.83. The van der Waals surface area contributed by atoms with Crippen LogP contribution in [0, 0.1) is 12.8 Å². The first-order valence-corrected chi connectivity index (χ1v) is 7.36. The maximum Gasteiger partial charge on any atom is 0.225 e. The molecule has 0 radical (unpaired) electrons. The van der Waals surface area contributed by atoms with Gasteiger partial charge in [0.1, 0.15) is 0 Å². The molecule has 0 aromatic carbocycles. The number of hydrogen-bond acceptors (Lipinski definition) is 4. The third-order valence-corrected chi connectivity index (χ3v) is 3.72. The summed E-state index contributed by atoms with van der Waals surface area (Å²) in [6.45, 7) is 2.43. The first-order chi connectivity index (χ1) is 9.56. The van der Waals surface area contributed by atoms with Crippen LogP contribution in [0.4, 0.5) is 5.95 Å². The number of nitrogens with one attached hydrogen (secondary N) is 1. The van der Waals surface area contributed by atoms with Crippen molar-refractivity contribution >= 4 is 11.9 Å². The smallest absolute Gasteiger partial charge is 0.225 e. The predicted molar refractivity (Wildman–Crippen MR) is 79.5 cm³/mol. The van der Waals surface area contributed by atoms with Crippen molar-refractivity contribution in [1.29, 1.82) is 0 Å².